The number of pyridine rings is 1. The molecule has 5 rings (SSSR count). The molecular weight excluding hydrogens is 439 g/mol. The monoisotopic (exact) mass is 458 g/mol. The third kappa shape index (κ3) is 3.88. The molecule has 1 saturated heterocycles. The Morgan fingerprint density at radius 1 is 1.12 bits per heavy atom. The van der Waals surface area contributed by atoms with E-state index >= 15 is 0 Å². The van der Waals surface area contributed by atoms with Crippen LogP contribution < -0.4 is 15.8 Å². The van der Waals surface area contributed by atoms with Crippen molar-refractivity contribution in [2.75, 3.05) is 23.3 Å². The summed E-state index contributed by atoms with van der Waals surface area (Å²) < 4.78 is 14.9. The lowest BCUT2D eigenvalue weighted by atomic mass is 9.95. The van der Waals surface area contributed by atoms with E-state index in [0.717, 1.165) is 16.0 Å². The molecule has 3 heterocycles. The van der Waals surface area contributed by atoms with Crippen LogP contribution in [0.3, 0.4) is 0 Å². The van der Waals surface area contributed by atoms with Crippen LogP contribution in [0, 0.1) is 23.1 Å². The lowest BCUT2D eigenvalue weighted by Crippen LogP contribution is -2.53. The largest absolute Gasteiger partial charge is 0.368 e. The Morgan fingerprint density at radius 2 is 1.88 bits per heavy atom. The number of amides is 1. The molecule has 1 amide bonds. The maximum atomic E-state index is 13.3. The summed E-state index contributed by atoms with van der Waals surface area (Å²) in [6.45, 7) is 1.08. The molecule has 0 radical (unpaired) electrons. The van der Waals surface area contributed by atoms with E-state index in [1.807, 2.05) is 46.7 Å². The minimum Gasteiger partial charge on any atom is -0.368 e. The molecule has 8 heteroatoms. The highest BCUT2D eigenvalue weighted by molar-refractivity contribution is 7.14. The number of aromatic nitrogens is 1. The number of nitrogens with one attached hydrogen (secondary N) is 1. The number of thiophene rings is 1. The fourth-order valence-electron chi connectivity index (χ4n) is 4.15. The maximum absolute atomic E-state index is 13.3. The van der Waals surface area contributed by atoms with Gasteiger partial charge in [-0.1, -0.05) is 30.3 Å². The van der Waals surface area contributed by atoms with E-state index in [1.165, 1.54) is 23.5 Å². The predicted octanol–water partition coefficient (Wildman–Crippen LogP) is 4.20. The molecule has 164 valence electrons. The normalized spacial score (nSPS) is 13.5. The van der Waals surface area contributed by atoms with Gasteiger partial charge >= 0.3 is 0 Å². The van der Waals surface area contributed by atoms with Crippen LogP contribution in [0.15, 0.2) is 70.8 Å². The van der Waals surface area contributed by atoms with Crippen LogP contribution in [-0.4, -0.2) is 23.6 Å². The van der Waals surface area contributed by atoms with E-state index in [9.17, 15) is 19.2 Å². The first-order valence-electron chi connectivity index (χ1n) is 10.4. The van der Waals surface area contributed by atoms with Gasteiger partial charge in [0, 0.05) is 18.5 Å². The Balaban J connectivity index is 1.49. The predicted molar refractivity (Wildman–Crippen MR) is 127 cm³/mol. The number of fused-ring (bicyclic) bond motifs is 1. The topological polar surface area (TPSA) is 78.1 Å². The van der Waals surface area contributed by atoms with Gasteiger partial charge in [0.05, 0.1) is 28.7 Å². The molecule has 0 aliphatic carbocycles. The Bertz CT molecular complexity index is 1430. The molecule has 2 aromatic carbocycles. The average Bonchev–Trinajstić information content (AvgIpc) is 3.29. The molecule has 0 unspecified atom stereocenters. The van der Waals surface area contributed by atoms with Crippen molar-refractivity contribution in [2.24, 2.45) is 5.92 Å². The molecule has 1 aliphatic heterocycles. The standard InChI is InChI=1S/C25H19FN4O2S/c26-18-9-7-16(8-10-18)13-30-21-5-2-1-4-19(21)23(20(12-27)25(30)32)29-14-17(15-29)24(31)28-22-6-3-11-33-22/h1-11,17H,13-15H2,(H,28,31). The van der Waals surface area contributed by atoms with Gasteiger partial charge in [0.15, 0.2) is 0 Å². The summed E-state index contributed by atoms with van der Waals surface area (Å²) in [5, 5.41) is 16.3. The number of carbonyl (C=O) groups is 1. The van der Waals surface area contributed by atoms with Crippen molar-refractivity contribution in [3.8, 4) is 6.07 Å². The highest BCUT2D eigenvalue weighted by atomic mass is 32.1. The fourth-order valence-corrected chi connectivity index (χ4v) is 4.77. The highest BCUT2D eigenvalue weighted by Gasteiger charge is 2.36. The molecule has 4 aromatic rings. The number of hydrogen-bond acceptors (Lipinski definition) is 5. The zero-order chi connectivity index (χ0) is 22.9. The molecule has 0 saturated carbocycles. The number of rotatable bonds is 5. The second-order valence-electron chi connectivity index (χ2n) is 7.94. The zero-order valence-corrected chi connectivity index (χ0v) is 18.3. The average molecular weight is 459 g/mol. The van der Waals surface area contributed by atoms with Gasteiger partial charge in [-0.15, -0.1) is 11.3 Å². The van der Waals surface area contributed by atoms with Gasteiger partial charge in [0.25, 0.3) is 5.56 Å². The number of nitrogens with zero attached hydrogens (tertiary/aromatic N) is 3. The molecule has 0 atom stereocenters. The van der Waals surface area contributed by atoms with Crippen molar-refractivity contribution in [2.45, 2.75) is 6.54 Å². The van der Waals surface area contributed by atoms with Crippen LogP contribution in [-0.2, 0) is 11.3 Å². The molecule has 1 fully saturated rings. The quantitative estimate of drug-likeness (QED) is 0.486. The van der Waals surface area contributed by atoms with Crippen LogP contribution >= 0.6 is 11.3 Å². The third-order valence-corrected chi connectivity index (χ3v) is 6.63. The maximum Gasteiger partial charge on any atom is 0.271 e. The van der Waals surface area contributed by atoms with E-state index in [4.69, 9.17) is 0 Å². The van der Waals surface area contributed by atoms with E-state index < -0.39 is 5.56 Å². The number of halogens is 1. The van der Waals surface area contributed by atoms with Gasteiger partial charge in [-0.3, -0.25) is 9.59 Å². The molecule has 0 bridgehead atoms. The van der Waals surface area contributed by atoms with E-state index in [0.29, 0.717) is 24.3 Å². The summed E-state index contributed by atoms with van der Waals surface area (Å²) in [6, 6.07) is 19.2. The van der Waals surface area contributed by atoms with Crippen LogP contribution in [0.5, 0.6) is 0 Å². The Morgan fingerprint density at radius 3 is 2.58 bits per heavy atom. The van der Waals surface area contributed by atoms with Gasteiger partial charge in [0.2, 0.25) is 5.91 Å². The van der Waals surface area contributed by atoms with Crippen LogP contribution in [0.4, 0.5) is 15.1 Å². The van der Waals surface area contributed by atoms with Crippen molar-refractivity contribution in [3.05, 3.63) is 93.3 Å². The SMILES string of the molecule is N#Cc1c(N2CC(C(=O)Nc3cccs3)C2)c2ccccc2n(Cc2ccc(F)cc2)c1=O. The number of benzene rings is 2. The Hall–Kier alpha value is -3.96. The molecule has 2 aromatic heterocycles. The summed E-state index contributed by atoms with van der Waals surface area (Å²) in [4.78, 5) is 27.8. The van der Waals surface area contributed by atoms with Crippen molar-refractivity contribution < 1.29 is 9.18 Å². The summed E-state index contributed by atoms with van der Waals surface area (Å²) in [5.74, 6) is -0.639. The van der Waals surface area contributed by atoms with Crippen molar-refractivity contribution in [1.82, 2.24) is 4.57 Å². The van der Waals surface area contributed by atoms with Gasteiger partial charge in [0.1, 0.15) is 17.4 Å². The molecule has 33 heavy (non-hydrogen) atoms. The van der Waals surface area contributed by atoms with Crippen LogP contribution in [0.1, 0.15) is 11.1 Å². The van der Waals surface area contributed by atoms with Crippen molar-refractivity contribution in [1.29, 1.82) is 5.26 Å². The van der Waals surface area contributed by atoms with Gasteiger partial charge in [-0.05, 0) is 41.3 Å². The minimum atomic E-state index is -0.401. The van der Waals surface area contributed by atoms with Gasteiger partial charge < -0.3 is 14.8 Å². The molecule has 6 nitrogen and oxygen atoms in total. The second kappa shape index (κ2) is 8.52. The first-order chi connectivity index (χ1) is 16.0. The van der Waals surface area contributed by atoms with Gasteiger partial charge in [-0.2, -0.15) is 5.26 Å². The lowest BCUT2D eigenvalue weighted by molar-refractivity contribution is -0.120. The van der Waals surface area contributed by atoms with Gasteiger partial charge in [-0.25, -0.2) is 4.39 Å². The zero-order valence-electron chi connectivity index (χ0n) is 17.5. The molecule has 0 spiro atoms. The molecule has 1 aliphatic rings. The summed E-state index contributed by atoms with van der Waals surface area (Å²) in [5.41, 5.74) is 1.66. The van der Waals surface area contributed by atoms with E-state index in [2.05, 4.69) is 11.4 Å². The summed E-state index contributed by atoms with van der Waals surface area (Å²) >= 11 is 1.46. The number of anilines is 2. The molecule has 1 N–H and O–H groups in total. The fraction of sp³-hybridized carbons (Fsp3) is 0.160. The Kier molecular flexibility index (Phi) is 5.40. The number of carbonyl (C=O) groups excluding carboxylic acids is 1. The minimum absolute atomic E-state index is 0.0490. The van der Waals surface area contributed by atoms with E-state index in [-0.39, 0.29) is 29.8 Å². The van der Waals surface area contributed by atoms with Crippen molar-refractivity contribution >= 4 is 38.8 Å². The summed E-state index contributed by atoms with van der Waals surface area (Å²) in [7, 11) is 0. The number of nitriles is 1. The molecular formula is C25H19FN4O2S. The first kappa shape index (κ1) is 20.9. The third-order valence-electron chi connectivity index (χ3n) is 5.85. The smallest absolute Gasteiger partial charge is 0.271 e. The number of para-hydroxylation sites is 1. The van der Waals surface area contributed by atoms with Crippen molar-refractivity contribution in [3.63, 3.8) is 0 Å². The van der Waals surface area contributed by atoms with Crippen LogP contribution in [0.2, 0.25) is 0 Å². The number of hydrogen-bond donors (Lipinski definition) is 1. The first-order valence-corrected chi connectivity index (χ1v) is 11.3. The second-order valence-corrected chi connectivity index (χ2v) is 8.89. The van der Waals surface area contributed by atoms with Crippen LogP contribution in [0.25, 0.3) is 10.9 Å². The summed E-state index contributed by atoms with van der Waals surface area (Å²) in [6.07, 6.45) is 0. The Labute approximate surface area is 193 Å². The lowest BCUT2D eigenvalue weighted by Gasteiger charge is -2.41. The van der Waals surface area contributed by atoms with E-state index in [1.54, 1.807) is 16.7 Å². The highest BCUT2D eigenvalue weighted by Crippen LogP contribution is 2.34.